The first-order valence-electron chi connectivity index (χ1n) is 12.2. The molecule has 13 heteroatoms. The van der Waals surface area contributed by atoms with Crippen molar-refractivity contribution in [2.75, 3.05) is 56.9 Å². The van der Waals surface area contributed by atoms with Gasteiger partial charge in [-0.2, -0.15) is 0 Å². The highest BCUT2D eigenvalue weighted by atomic mass is 28.3. The first-order chi connectivity index (χ1) is 16.0. The smallest absolute Gasteiger partial charge is 0.134 e. The topological polar surface area (TPSA) is 73.8 Å². The van der Waals surface area contributed by atoms with Crippen LogP contribution in [0.3, 0.4) is 0 Å². The van der Waals surface area contributed by atoms with Crippen LogP contribution in [0.1, 0.15) is 0 Å². The van der Waals surface area contributed by atoms with Gasteiger partial charge in [0.25, 0.3) is 0 Å². The Morgan fingerprint density at radius 2 is 0.576 bits per heavy atom. The van der Waals surface area contributed by atoms with E-state index in [2.05, 4.69) is 0 Å². The lowest BCUT2D eigenvalue weighted by molar-refractivity contribution is -0.0441. The van der Waals surface area contributed by atoms with Crippen LogP contribution < -0.4 is 0 Å². The molecule has 0 N–H and O–H groups in total. The van der Waals surface area contributed by atoms with Crippen LogP contribution in [-0.2, 0) is 37.9 Å². The Bertz CT molecular complexity index is 348. The number of hydrogen-bond donors (Lipinski definition) is 0. The summed E-state index contributed by atoms with van der Waals surface area (Å²) in [5.41, 5.74) is 0. The van der Waals surface area contributed by atoms with Crippen molar-refractivity contribution in [1.29, 1.82) is 0 Å². The van der Waals surface area contributed by atoms with Crippen molar-refractivity contribution in [1.82, 2.24) is 0 Å². The van der Waals surface area contributed by atoms with Gasteiger partial charge in [0.2, 0.25) is 0 Å². The summed E-state index contributed by atoms with van der Waals surface area (Å²) < 4.78 is 44.1. The van der Waals surface area contributed by atoms with E-state index in [-0.39, 0.29) is 23.7 Å². The zero-order valence-corrected chi connectivity index (χ0v) is 29.2. The molecule has 33 heavy (non-hydrogen) atoms. The molecule has 0 saturated carbocycles. The zero-order chi connectivity index (χ0) is 25.0. The Labute approximate surface area is 212 Å². The van der Waals surface area contributed by atoms with Crippen LogP contribution in [-0.4, -0.2) is 127 Å². The summed E-state index contributed by atoms with van der Waals surface area (Å²) in [5.74, 6) is 0.107. The fraction of sp³-hybridized carbons (Fsp3) is 1.00. The Balaban J connectivity index is 5.33. The molecule has 0 aromatic rings. The minimum absolute atomic E-state index is 0.0268. The largest absolute Gasteiger partial charge is 0.360 e. The van der Waals surface area contributed by atoms with Crippen LogP contribution in [0.15, 0.2) is 0 Å². The highest BCUT2D eigenvalue weighted by molar-refractivity contribution is 6.82. The number of hydrogen-bond acceptors (Lipinski definition) is 8. The van der Waals surface area contributed by atoms with Gasteiger partial charge < -0.3 is 37.9 Å². The van der Waals surface area contributed by atoms with Crippen molar-refractivity contribution < 1.29 is 37.9 Å². The minimum atomic E-state index is -1.47. The van der Waals surface area contributed by atoms with E-state index in [1.807, 2.05) is 0 Å². The van der Waals surface area contributed by atoms with Gasteiger partial charge in [-0.25, -0.2) is 0 Å². The van der Waals surface area contributed by atoms with Crippen LogP contribution in [0.4, 0.5) is 0 Å². The van der Waals surface area contributed by atoms with Crippen LogP contribution in [0.2, 0.25) is 48.4 Å². The van der Waals surface area contributed by atoms with E-state index in [0.29, 0.717) is 0 Å². The predicted molar refractivity (Wildman–Crippen MR) is 150 cm³/mol. The summed E-state index contributed by atoms with van der Waals surface area (Å²) in [6.45, 7) is 0. The van der Waals surface area contributed by atoms with E-state index < -0.39 is 46.2 Å². The first kappa shape index (κ1) is 33.8. The quantitative estimate of drug-likeness (QED) is 0.122. The Hall–Kier alpha value is 0.764. The Morgan fingerprint density at radius 1 is 0.394 bits per heavy atom. The maximum Gasteiger partial charge on any atom is 0.134 e. The summed E-state index contributed by atoms with van der Waals surface area (Å²) in [7, 11) is 10.9. The number of ether oxygens (including phenoxy) is 8. The van der Waals surface area contributed by atoms with Gasteiger partial charge in [0.15, 0.2) is 0 Å². The Kier molecular flexibility index (Phi) is 22.5. The van der Waals surface area contributed by atoms with E-state index in [1.165, 1.54) is 48.4 Å². The molecule has 0 atom stereocenters. The van der Waals surface area contributed by atoms with Crippen LogP contribution in [0, 0.1) is 0 Å². The number of rotatable bonds is 24. The maximum absolute atomic E-state index is 5.52. The highest BCUT2D eigenvalue weighted by Crippen LogP contribution is 2.33. The molecule has 0 fully saturated rings. The van der Waals surface area contributed by atoms with Crippen LogP contribution in [0.5, 0.6) is 0 Å². The SMILES string of the molecule is COC(OC)[SiH2]CC[Si](CC[SiH2]C(OC)OC)(CC[SiH2]C(OC)OC)CC[SiH2]C(OC)OC. The average molecular weight is 561 g/mol. The van der Waals surface area contributed by atoms with Crippen molar-refractivity contribution in [3.05, 3.63) is 0 Å². The van der Waals surface area contributed by atoms with E-state index in [1.54, 1.807) is 56.9 Å². The normalized spacial score (nSPS) is 15.6. The molecule has 0 saturated heterocycles. The maximum atomic E-state index is 5.52. The molecule has 0 spiro atoms. The molecule has 0 rings (SSSR count). The summed E-state index contributed by atoms with van der Waals surface area (Å²) in [5, 5.41) is 0. The van der Waals surface area contributed by atoms with Crippen molar-refractivity contribution >= 4 is 46.2 Å². The molecule has 0 radical (unpaired) electrons. The molecular formula is C20H52O8Si5. The fourth-order valence-electron chi connectivity index (χ4n) is 4.65. The standard InChI is InChI=1S/C20H52O8Si5/c1-21-17(22-2)29-9-13-33(14-10-30-18(23-3)24-4,15-11-31-19(25-5)26-6)16-12-32-20(27-7)28-8/h17-20H,9-16,29-32H2,1-8H3. The van der Waals surface area contributed by atoms with E-state index in [9.17, 15) is 0 Å². The first-order valence-corrected chi connectivity index (χ1v) is 22.3. The van der Waals surface area contributed by atoms with Gasteiger partial charge in [0, 0.05) is 56.9 Å². The summed E-state index contributed by atoms with van der Waals surface area (Å²) in [6, 6.07) is 10.7. The second-order valence-corrected chi connectivity index (χ2v) is 21.5. The molecule has 0 aromatic heterocycles. The molecule has 8 nitrogen and oxygen atoms in total. The second kappa shape index (κ2) is 22.0. The minimum Gasteiger partial charge on any atom is -0.360 e. The number of methoxy groups -OCH3 is 8. The average Bonchev–Trinajstić information content (AvgIpc) is 2.85. The molecule has 0 aromatic carbocycles. The van der Waals surface area contributed by atoms with E-state index in [0.717, 1.165) is 0 Å². The van der Waals surface area contributed by atoms with Crippen molar-refractivity contribution in [2.45, 2.75) is 72.0 Å². The van der Waals surface area contributed by atoms with E-state index >= 15 is 0 Å². The molecule has 200 valence electrons. The monoisotopic (exact) mass is 560 g/mol. The summed E-state index contributed by atoms with van der Waals surface area (Å²) in [4.78, 5) is 0. The lowest BCUT2D eigenvalue weighted by Crippen LogP contribution is -2.38. The highest BCUT2D eigenvalue weighted by Gasteiger charge is 2.32. The molecule has 0 aliphatic rings. The molecule has 0 unspecified atom stereocenters. The Morgan fingerprint density at radius 3 is 0.727 bits per heavy atom. The van der Waals surface area contributed by atoms with Crippen molar-refractivity contribution in [3.8, 4) is 0 Å². The van der Waals surface area contributed by atoms with Crippen LogP contribution >= 0.6 is 0 Å². The molecule has 0 bridgehead atoms. The molecule has 0 amide bonds. The van der Waals surface area contributed by atoms with Gasteiger partial charge in [-0.05, 0) is 0 Å². The van der Waals surface area contributed by atoms with Gasteiger partial charge in [-0.15, -0.1) is 0 Å². The summed E-state index contributed by atoms with van der Waals surface area (Å²) >= 11 is 0. The van der Waals surface area contributed by atoms with Gasteiger partial charge in [-0.1, -0.05) is 48.4 Å². The lowest BCUT2D eigenvalue weighted by atomic mass is 10.9. The molecule has 0 aliphatic carbocycles. The zero-order valence-electron chi connectivity index (χ0n) is 22.6. The second-order valence-electron chi connectivity index (χ2n) is 8.67. The van der Waals surface area contributed by atoms with Gasteiger partial charge in [0.05, 0.1) is 46.2 Å². The van der Waals surface area contributed by atoms with Gasteiger partial charge in [-0.3, -0.25) is 0 Å². The van der Waals surface area contributed by atoms with Crippen LogP contribution in [0.25, 0.3) is 0 Å². The molecular weight excluding hydrogens is 509 g/mol. The van der Waals surface area contributed by atoms with Crippen molar-refractivity contribution in [3.63, 3.8) is 0 Å². The third-order valence-corrected chi connectivity index (χ3v) is 22.8. The van der Waals surface area contributed by atoms with Gasteiger partial charge in [0.1, 0.15) is 23.7 Å². The lowest BCUT2D eigenvalue weighted by Gasteiger charge is -2.34. The van der Waals surface area contributed by atoms with Gasteiger partial charge >= 0.3 is 0 Å². The van der Waals surface area contributed by atoms with Crippen molar-refractivity contribution in [2.24, 2.45) is 0 Å². The fourth-order valence-corrected chi connectivity index (χ4v) is 24.6. The summed E-state index contributed by atoms with van der Waals surface area (Å²) in [6.07, 6.45) is 0. The predicted octanol–water partition coefficient (Wildman–Crippen LogP) is 0.0892. The third-order valence-electron chi connectivity index (χ3n) is 6.69. The molecule has 0 heterocycles. The van der Waals surface area contributed by atoms with E-state index in [4.69, 9.17) is 37.9 Å². The third kappa shape index (κ3) is 15.5. The molecule has 0 aliphatic heterocycles.